The van der Waals surface area contributed by atoms with Crippen LogP contribution in [0.4, 0.5) is 0 Å². The fourth-order valence-corrected chi connectivity index (χ4v) is 5.90. The highest BCUT2D eigenvalue weighted by atomic mass is 79.9. The van der Waals surface area contributed by atoms with Crippen LogP contribution < -0.4 is 0 Å². The van der Waals surface area contributed by atoms with Gasteiger partial charge in [0.05, 0.1) is 46.0 Å². The number of hydrogen-bond donors (Lipinski definition) is 1. The predicted molar refractivity (Wildman–Crippen MR) is 136 cm³/mol. The number of halogens is 1. The minimum Gasteiger partial charge on any atom is -0.506 e. The van der Waals surface area contributed by atoms with Gasteiger partial charge in [-0.05, 0) is 41.4 Å². The van der Waals surface area contributed by atoms with Gasteiger partial charge in [0.25, 0.3) is 0 Å². The highest BCUT2D eigenvalue weighted by Gasteiger charge is 2.29. The van der Waals surface area contributed by atoms with Crippen molar-refractivity contribution in [2.24, 2.45) is 7.05 Å². The molecule has 2 aromatic carbocycles. The van der Waals surface area contributed by atoms with E-state index in [4.69, 9.17) is 4.74 Å². The summed E-state index contributed by atoms with van der Waals surface area (Å²) in [5.41, 5.74) is 3.22. The van der Waals surface area contributed by atoms with Crippen molar-refractivity contribution in [3.05, 3.63) is 82.0 Å². The molecule has 2 unspecified atom stereocenters. The van der Waals surface area contributed by atoms with E-state index in [0.717, 1.165) is 11.1 Å². The Morgan fingerprint density at radius 2 is 2.03 bits per heavy atom. The molecule has 7 nitrogen and oxygen atoms in total. The molecule has 9 heteroatoms. The van der Waals surface area contributed by atoms with Gasteiger partial charge < -0.3 is 19.0 Å². The molecule has 0 saturated carbocycles. The summed E-state index contributed by atoms with van der Waals surface area (Å²) in [5, 5.41) is 11.3. The molecule has 4 rings (SSSR count). The van der Waals surface area contributed by atoms with Crippen molar-refractivity contribution in [1.29, 1.82) is 0 Å². The molecule has 0 radical (unpaired) electrons. The predicted octanol–water partition coefficient (Wildman–Crippen LogP) is 5.08. The zero-order valence-corrected chi connectivity index (χ0v) is 21.6. The lowest BCUT2D eigenvalue weighted by atomic mass is 10.0. The molecule has 0 bridgehead atoms. The van der Waals surface area contributed by atoms with Gasteiger partial charge in [-0.2, -0.15) is 0 Å². The molecular weight excluding hydrogens is 518 g/mol. The fraction of sp³-hybridized carbons (Fsp3) is 0.280. The van der Waals surface area contributed by atoms with Gasteiger partial charge >= 0.3 is 5.97 Å². The van der Waals surface area contributed by atoms with E-state index in [-0.39, 0.29) is 23.4 Å². The zero-order valence-electron chi connectivity index (χ0n) is 19.2. The summed E-state index contributed by atoms with van der Waals surface area (Å²) >= 11 is 3.45. The molecule has 0 aliphatic rings. The molecule has 2 aromatic heterocycles. The third-order valence-corrected chi connectivity index (χ3v) is 8.18. The van der Waals surface area contributed by atoms with Crippen molar-refractivity contribution < 1.29 is 18.8 Å². The van der Waals surface area contributed by atoms with Gasteiger partial charge in [-0.25, -0.2) is 9.78 Å². The Kier molecular flexibility index (Phi) is 7.23. The smallest absolute Gasteiger partial charge is 0.340 e. The van der Waals surface area contributed by atoms with E-state index >= 15 is 0 Å². The summed E-state index contributed by atoms with van der Waals surface area (Å²) in [6, 6.07) is 11.5. The van der Waals surface area contributed by atoms with Gasteiger partial charge in [0, 0.05) is 46.9 Å². The van der Waals surface area contributed by atoms with Crippen molar-refractivity contribution >= 4 is 43.6 Å². The van der Waals surface area contributed by atoms with E-state index in [2.05, 4.69) is 20.9 Å². The molecule has 1 N–H and O–H groups in total. The monoisotopic (exact) mass is 543 g/mol. The first-order valence-electron chi connectivity index (χ1n) is 10.9. The van der Waals surface area contributed by atoms with E-state index in [9.17, 15) is 14.1 Å². The van der Waals surface area contributed by atoms with Crippen LogP contribution in [0.25, 0.3) is 10.9 Å². The van der Waals surface area contributed by atoms with Crippen LogP contribution in [-0.4, -0.2) is 36.0 Å². The fourth-order valence-electron chi connectivity index (χ4n) is 4.12. The molecule has 0 spiro atoms. The Labute approximate surface area is 209 Å². The molecule has 4 aromatic rings. The average molecular weight is 544 g/mol. The molecule has 0 fully saturated rings. The Bertz CT molecular complexity index is 1350. The Balaban J connectivity index is 1.89. The van der Waals surface area contributed by atoms with Crippen LogP contribution >= 0.6 is 15.9 Å². The summed E-state index contributed by atoms with van der Waals surface area (Å²) in [5.74, 6) is -0.290. The Hall–Kier alpha value is -2.91. The molecule has 0 aliphatic carbocycles. The van der Waals surface area contributed by atoms with Crippen molar-refractivity contribution in [3.8, 4) is 5.75 Å². The number of aromatic nitrogens is 3. The molecule has 178 valence electrons. The van der Waals surface area contributed by atoms with Crippen LogP contribution in [0.3, 0.4) is 0 Å². The summed E-state index contributed by atoms with van der Waals surface area (Å²) in [7, 11) is 0.541. The van der Waals surface area contributed by atoms with Crippen molar-refractivity contribution in [1.82, 2.24) is 14.1 Å². The van der Waals surface area contributed by atoms with Gasteiger partial charge in [-0.1, -0.05) is 30.3 Å². The highest BCUT2D eigenvalue weighted by Crippen LogP contribution is 2.40. The van der Waals surface area contributed by atoms with Crippen LogP contribution in [0.5, 0.6) is 5.75 Å². The quantitative estimate of drug-likeness (QED) is 0.313. The summed E-state index contributed by atoms with van der Waals surface area (Å²) in [6.45, 7) is 4.18. The zero-order chi connectivity index (χ0) is 24.4. The van der Waals surface area contributed by atoms with Gasteiger partial charge in [0.2, 0.25) is 0 Å². The van der Waals surface area contributed by atoms with Gasteiger partial charge in [-0.3, -0.25) is 4.21 Å². The first-order chi connectivity index (χ1) is 16.3. The first kappa shape index (κ1) is 24.2. The maximum atomic E-state index is 13.4. The third-order valence-electron chi connectivity index (χ3n) is 5.96. The van der Waals surface area contributed by atoms with Crippen molar-refractivity contribution in [2.75, 3.05) is 6.61 Å². The molecule has 2 heterocycles. The van der Waals surface area contributed by atoms with Crippen molar-refractivity contribution in [2.45, 2.75) is 31.4 Å². The first-order valence-corrected chi connectivity index (χ1v) is 13.1. The highest BCUT2D eigenvalue weighted by molar-refractivity contribution is 9.10. The molecule has 0 saturated heterocycles. The summed E-state index contributed by atoms with van der Waals surface area (Å²) in [4.78, 5) is 17.3. The molecule has 2 atom stereocenters. The average Bonchev–Trinajstić information content (AvgIpc) is 3.44. The van der Waals surface area contributed by atoms with Crippen LogP contribution in [0, 0.1) is 0 Å². The number of rotatable bonds is 8. The van der Waals surface area contributed by atoms with Crippen LogP contribution in [-0.2, 0) is 34.9 Å². The second-order valence-electron chi connectivity index (χ2n) is 7.99. The normalized spacial score (nSPS) is 13.2. The molecular formula is C25H26BrN3O4S. The van der Waals surface area contributed by atoms with E-state index in [1.165, 1.54) is 0 Å². The lowest BCUT2D eigenvalue weighted by Crippen LogP contribution is -2.13. The number of carbonyl (C=O) groups excluding carboxylic acids is 1. The molecule has 0 aliphatic heterocycles. The lowest BCUT2D eigenvalue weighted by Gasteiger charge is -2.14. The van der Waals surface area contributed by atoms with Gasteiger partial charge in [-0.15, -0.1) is 0 Å². The maximum absolute atomic E-state index is 13.4. The molecule has 0 amide bonds. The number of nitrogens with zero attached hydrogens (tertiary/aromatic N) is 3. The number of carbonyl (C=O) groups is 1. The van der Waals surface area contributed by atoms with E-state index < -0.39 is 16.8 Å². The minimum atomic E-state index is -1.30. The topological polar surface area (TPSA) is 86.4 Å². The lowest BCUT2D eigenvalue weighted by molar-refractivity contribution is 0.0527. The third kappa shape index (κ3) is 4.54. The van der Waals surface area contributed by atoms with Crippen LogP contribution in [0.1, 0.15) is 46.3 Å². The van der Waals surface area contributed by atoms with Gasteiger partial charge in [0.1, 0.15) is 5.75 Å². The van der Waals surface area contributed by atoms with E-state index in [0.29, 0.717) is 33.2 Å². The number of fused-ring (bicyclic) bond motifs is 1. The number of hydrogen-bond acceptors (Lipinski definition) is 5. The number of esters is 1. The Morgan fingerprint density at radius 1 is 1.29 bits per heavy atom. The number of aryl methyl sites for hydroxylation is 1. The second-order valence-corrected chi connectivity index (χ2v) is 10.6. The van der Waals surface area contributed by atoms with Crippen LogP contribution in [0.15, 0.2) is 59.6 Å². The van der Waals surface area contributed by atoms with Gasteiger partial charge in [0.15, 0.2) is 0 Å². The summed E-state index contributed by atoms with van der Waals surface area (Å²) in [6.07, 6.45) is 5.09. The standard InChI is InChI=1S/C25H26BrN3O4S/c1-4-33-25(31)23-21(14-34(32)16(2)17-8-6-5-7-9-17)28(3)20-12-19(26)24(30)18(22(20)23)13-29-11-10-27-15-29/h5-12,15-16,30H,4,13-14H2,1-3H3. The number of phenols is 1. The van der Waals surface area contributed by atoms with Crippen molar-refractivity contribution in [3.63, 3.8) is 0 Å². The molecule has 34 heavy (non-hydrogen) atoms. The van der Waals surface area contributed by atoms with Crippen LogP contribution in [0.2, 0.25) is 0 Å². The number of imidazole rings is 1. The van der Waals surface area contributed by atoms with E-state index in [1.807, 2.05) is 53.4 Å². The summed E-state index contributed by atoms with van der Waals surface area (Å²) < 4.78 is 23.0. The second kappa shape index (κ2) is 10.1. The number of benzene rings is 2. The number of ether oxygens (including phenoxy) is 1. The largest absolute Gasteiger partial charge is 0.506 e. The van der Waals surface area contributed by atoms with E-state index in [1.54, 1.807) is 31.7 Å². The maximum Gasteiger partial charge on any atom is 0.340 e. The Morgan fingerprint density at radius 3 is 2.68 bits per heavy atom. The SMILES string of the molecule is CCOC(=O)c1c(CS(=O)C(C)c2ccccc2)n(C)c2cc(Br)c(O)c(Cn3ccnc3)c12. The minimum absolute atomic E-state index is 0.0441. The number of aromatic hydroxyl groups is 1. The number of phenolic OH excluding ortho intramolecular Hbond substituents is 1.